The third-order valence-electron chi connectivity index (χ3n) is 7.33. The topological polar surface area (TPSA) is 75.6 Å². The molecule has 2 aromatic carbocycles. The van der Waals surface area contributed by atoms with Gasteiger partial charge >= 0.3 is 5.97 Å². The van der Waals surface area contributed by atoms with Gasteiger partial charge in [0.25, 0.3) is 5.91 Å². The first-order valence-electron chi connectivity index (χ1n) is 11.1. The zero-order chi connectivity index (χ0) is 21.4. The molecule has 4 bridgehead atoms. The number of ether oxygens (including phenoxy) is 1. The maximum atomic E-state index is 12.0. The van der Waals surface area contributed by atoms with Crippen molar-refractivity contribution in [2.24, 2.45) is 17.8 Å². The highest BCUT2D eigenvalue weighted by Gasteiger charge is 2.51. The van der Waals surface area contributed by atoms with Gasteiger partial charge in [-0.15, -0.1) is 0 Å². The average molecular weight is 418 g/mol. The van der Waals surface area contributed by atoms with E-state index >= 15 is 0 Å². The van der Waals surface area contributed by atoms with Crippen molar-refractivity contribution >= 4 is 17.6 Å². The van der Waals surface area contributed by atoms with Gasteiger partial charge in [-0.25, -0.2) is 4.79 Å². The van der Waals surface area contributed by atoms with Crippen molar-refractivity contribution in [2.45, 2.75) is 43.9 Å². The number of anilines is 1. The largest absolute Gasteiger partial charge is 0.478 e. The van der Waals surface area contributed by atoms with Gasteiger partial charge in [0, 0.05) is 11.8 Å². The number of carboxylic acid groups (broad SMARTS) is 1. The van der Waals surface area contributed by atoms with E-state index in [0.717, 1.165) is 17.8 Å². The molecule has 5 nitrogen and oxygen atoms in total. The second kappa shape index (κ2) is 7.88. The van der Waals surface area contributed by atoms with E-state index in [1.54, 1.807) is 12.1 Å². The fraction of sp³-hybridized carbons (Fsp3) is 0.385. The highest BCUT2D eigenvalue weighted by atomic mass is 16.5. The van der Waals surface area contributed by atoms with Gasteiger partial charge in [0.1, 0.15) is 5.75 Å². The zero-order valence-corrected chi connectivity index (χ0v) is 17.4. The smallest absolute Gasteiger partial charge is 0.335 e. The number of carbonyl (C=O) groups excluding carboxylic acids is 1. The normalized spacial score (nSPS) is 28.6. The van der Waals surface area contributed by atoms with Gasteiger partial charge < -0.3 is 15.2 Å². The van der Waals surface area contributed by atoms with Crippen LogP contribution >= 0.6 is 0 Å². The molecule has 4 aliphatic rings. The van der Waals surface area contributed by atoms with Crippen LogP contribution in [0.1, 0.15) is 54.4 Å². The third-order valence-corrected chi connectivity index (χ3v) is 7.33. The number of nitrogens with one attached hydrogen (secondary N) is 1. The molecular formula is C26H27NO4. The predicted molar refractivity (Wildman–Crippen MR) is 118 cm³/mol. The summed E-state index contributed by atoms with van der Waals surface area (Å²) >= 11 is 0. The Bertz CT molecular complexity index is 971. The van der Waals surface area contributed by atoms with E-state index in [9.17, 15) is 9.59 Å². The van der Waals surface area contributed by atoms with Crippen LogP contribution in [0.4, 0.5) is 5.69 Å². The molecule has 0 saturated heterocycles. The predicted octanol–water partition coefficient (Wildman–Crippen LogP) is 5.38. The Morgan fingerprint density at radius 1 is 0.903 bits per heavy atom. The summed E-state index contributed by atoms with van der Waals surface area (Å²) < 4.78 is 5.62. The van der Waals surface area contributed by atoms with Crippen LogP contribution < -0.4 is 10.1 Å². The molecule has 0 aliphatic heterocycles. The lowest BCUT2D eigenvalue weighted by atomic mass is 9.48. The zero-order valence-electron chi connectivity index (χ0n) is 17.4. The fourth-order valence-corrected chi connectivity index (χ4v) is 6.41. The summed E-state index contributed by atoms with van der Waals surface area (Å²) in [5.41, 5.74) is 2.53. The summed E-state index contributed by atoms with van der Waals surface area (Å²) in [4.78, 5) is 22.9. The van der Waals surface area contributed by atoms with Crippen molar-refractivity contribution < 1.29 is 19.4 Å². The van der Waals surface area contributed by atoms with Crippen LogP contribution in [0.15, 0.2) is 60.9 Å². The third kappa shape index (κ3) is 4.09. The molecular weight excluding hydrogens is 390 g/mol. The van der Waals surface area contributed by atoms with Gasteiger partial charge in [-0.05, 0) is 104 Å². The molecule has 0 heterocycles. The molecule has 1 amide bonds. The first-order valence-corrected chi connectivity index (χ1v) is 11.1. The SMILES string of the molecule is O=C(/C=C/Oc1ccc(C23CC4CC(CC(C4)C2)C3)cc1)Nc1ccc(C(=O)O)cc1. The fourth-order valence-electron chi connectivity index (χ4n) is 6.41. The number of rotatable bonds is 6. The Balaban J connectivity index is 1.17. The maximum absolute atomic E-state index is 12.0. The number of amides is 1. The molecule has 5 heteroatoms. The molecule has 2 N–H and O–H groups in total. The second-order valence-corrected chi connectivity index (χ2v) is 9.51. The van der Waals surface area contributed by atoms with Crippen molar-refractivity contribution in [1.82, 2.24) is 0 Å². The van der Waals surface area contributed by atoms with E-state index in [0.29, 0.717) is 16.9 Å². The molecule has 0 radical (unpaired) electrons. The molecule has 4 fully saturated rings. The number of benzene rings is 2. The first-order chi connectivity index (χ1) is 15.0. The second-order valence-electron chi connectivity index (χ2n) is 9.51. The lowest BCUT2D eigenvalue weighted by Crippen LogP contribution is -2.48. The molecule has 4 saturated carbocycles. The van der Waals surface area contributed by atoms with Gasteiger partial charge in [-0.1, -0.05) is 12.1 Å². The summed E-state index contributed by atoms with van der Waals surface area (Å²) in [6.07, 6.45) is 11.0. The number of aromatic carboxylic acids is 1. The van der Waals surface area contributed by atoms with E-state index in [1.165, 1.54) is 68.6 Å². The first kappa shape index (κ1) is 19.9. The standard InChI is InChI=1S/C26H27NO4/c28-24(27-22-5-1-20(2-6-22)25(29)30)9-10-31-23-7-3-21(4-8-23)26-14-17-11-18(15-26)13-19(12-17)16-26/h1-10,17-19H,11-16H2,(H,27,28)(H,29,30)/b10-9+. The van der Waals surface area contributed by atoms with Crippen molar-refractivity contribution in [2.75, 3.05) is 5.32 Å². The summed E-state index contributed by atoms with van der Waals surface area (Å²) in [5, 5.41) is 11.6. The summed E-state index contributed by atoms with van der Waals surface area (Å²) in [5.74, 6) is 2.13. The van der Waals surface area contributed by atoms with Crippen LogP contribution in [0.25, 0.3) is 0 Å². The van der Waals surface area contributed by atoms with E-state index in [-0.39, 0.29) is 11.5 Å². The maximum Gasteiger partial charge on any atom is 0.335 e. The van der Waals surface area contributed by atoms with Gasteiger partial charge in [0.2, 0.25) is 0 Å². The van der Waals surface area contributed by atoms with Crippen molar-refractivity contribution in [3.63, 3.8) is 0 Å². The van der Waals surface area contributed by atoms with E-state index < -0.39 is 5.97 Å². The molecule has 160 valence electrons. The highest BCUT2D eigenvalue weighted by Crippen LogP contribution is 2.60. The quantitative estimate of drug-likeness (QED) is 0.488. The minimum atomic E-state index is -1.000. The molecule has 0 aromatic heterocycles. The van der Waals surface area contributed by atoms with E-state index in [4.69, 9.17) is 9.84 Å². The number of carboxylic acids is 1. The lowest BCUT2D eigenvalue weighted by molar-refractivity contribution is -0.112. The monoisotopic (exact) mass is 417 g/mol. The van der Waals surface area contributed by atoms with E-state index in [1.807, 2.05) is 12.1 Å². The van der Waals surface area contributed by atoms with Gasteiger partial charge in [0.05, 0.1) is 11.8 Å². The summed E-state index contributed by atoms with van der Waals surface area (Å²) in [6, 6.07) is 14.4. The van der Waals surface area contributed by atoms with Gasteiger partial charge in [-0.3, -0.25) is 4.79 Å². The van der Waals surface area contributed by atoms with Crippen LogP contribution in [-0.4, -0.2) is 17.0 Å². The molecule has 4 aliphatic carbocycles. The Morgan fingerprint density at radius 2 is 1.48 bits per heavy atom. The number of hydrogen-bond acceptors (Lipinski definition) is 3. The van der Waals surface area contributed by atoms with Crippen LogP contribution in [0.5, 0.6) is 5.75 Å². The Labute approximate surface area is 182 Å². The lowest BCUT2D eigenvalue weighted by Gasteiger charge is -2.57. The molecule has 31 heavy (non-hydrogen) atoms. The summed E-state index contributed by atoms with van der Waals surface area (Å²) in [7, 11) is 0. The Kier molecular flexibility index (Phi) is 5.05. The molecule has 0 atom stereocenters. The van der Waals surface area contributed by atoms with Gasteiger partial charge in [0.15, 0.2) is 0 Å². The molecule has 6 rings (SSSR count). The van der Waals surface area contributed by atoms with Crippen LogP contribution in [0.3, 0.4) is 0 Å². The average Bonchev–Trinajstić information content (AvgIpc) is 2.73. The minimum absolute atomic E-state index is 0.175. The van der Waals surface area contributed by atoms with Crippen LogP contribution in [-0.2, 0) is 10.2 Å². The Morgan fingerprint density at radius 3 is 2.03 bits per heavy atom. The van der Waals surface area contributed by atoms with Crippen molar-refractivity contribution in [1.29, 1.82) is 0 Å². The highest BCUT2D eigenvalue weighted by molar-refractivity contribution is 5.99. The molecule has 0 spiro atoms. The summed E-state index contributed by atoms with van der Waals surface area (Å²) in [6.45, 7) is 0. The Hall–Kier alpha value is -3.08. The van der Waals surface area contributed by atoms with Crippen LogP contribution in [0.2, 0.25) is 0 Å². The van der Waals surface area contributed by atoms with Crippen molar-refractivity contribution in [3.05, 3.63) is 72.0 Å². The number of hydrogen-bond donors (Lipinski definition) is 2. The molecule has 0 unspecified atom stereocenters. The molecule has 2 aromatic rings. The number of carbonyl (C=O) groups is 2. The van der Waals surface area contributed by atoms with Crippen LogP contribution in [0, 0.1) is 17.8 Å². The van der Waals surface area contributed by atoms with Crippen molar-refractivity contribution in [3.8, 4) is 5.75 Å². The minimum Gasteiger partial charge on any atom is -0.478 e. The van der Waals surface area contributed by atoms with E-state index in [2.05, 4.69) is 17.4 Å². The van der Waals surface area contributed by atoms with Gasteiger partial charge in [-0.2, -0.15) is 0 Å².